The Morgan fingerprint density at radius 1 is 1.26 bits per heavy atom. The molecule has 19 heavy (non-hydrogen) atoms. The Hall–Kier alpha value is -0.770. The Morgan fingerprint density at radius 2 is 1.84 bits per heavy atom. The van der Waals surface area contributed by atoms with E-state index < -0.39 is 5.60 Å². The van der Waals surface area contributed by atoms with E-state index in [1.165, 1.54) is 19.3 Å². The summed E-state index contributed by atoms with van der Waals surface area (Å²) in [5.41, 5.74) is -0.481. The van der Waals surface area contributed by atoms with E-state index in [1.807, 2.05) is 20.8 Å². The van der Waals surface area contributed by atoms with Crippen LogP contribution in [0, 0.1) is 5.92 Å². The van der Waals surface area contributed by atoms with Gasteiger partial charge in [0.2, 0.25) is 0 Å². The zero-order chi connectivity index (χ0) is 14.5. The van der Waals surface area contributed by atoms with Gasteiger partial charge in [0.05, 0.1) is 6.61 Å². The average molecular weight is 271 g/mol. The predicted octanol–water partition coefficient (Wildman–Crippen LogP) is 3.18. The standard InChI is InChI=1S/C15H29NO3/c1-5-12-6-8-13(9-7-12)16(10-11-17)14(18)19-15(2,3)4/h12-13,17H,5-11H2,1-4H3. The minimum absolute atomic E-state index is 0.00699. The van der Waals surface area contributed by atoms with Gasteiger partial charge in [0.15, 0.2) is 0 Å². The van der Waals surface area contributed by atoms with E-state index in [1.54, 1.807) is 4.90 Å². The van der Waals surface area contributed by atoms with Crippen molar-refractivity contribution in [2.45, 2.75) is 71.4 Å². The van der Waals surface area contributed by atoms with E-state index in [0.29, 0.717) is 6.54 Å². The Bertz CT molecular complexity index is 278. The van der Waals surface area contributed by atoms with Gasteiger partial charge in [0.1, 0.15) is 5.60 Å². The molecule has 1 saturated carbocycles. The fourth-order valence-corrected chi connectivity index (χ4v) is 2.72. The van der Waals surface area contributed by atoms with Crippen molar-refractivity contribution in [3.05, 3.63) is 0 Å². The highest BCUT2D eigenvalue weighted by atomic mass is 16.6. The van der Waals surface area contributed by atoms with Crippen LogP contribution in [-0.4, -0.2) is 40.9 Å². The second kappa shape index (κ2) is 7.13. The highest BCUT2D eigenvalue weighted by molar-refractivity contribution is 5.68. The van der Waals surface area contributed by atoms with E-state index in [9.17, 15) is 4.79 Å². The van der Waals surface area contributed by atoms with Crippen LogP contribution in [0.2, 0.25) is 0 Å². The molecule has 4 nitrogen and oxygen atoms in total. The molecule has 1 aliphatic carbocycles. The van der Waals surface area contributed by atoms with Gasteiger partial charge < -0.3 is 14.7 Å². The van der Waals surface area contributed by atoms with Crippen LogP contribution in [0.15, 0.2) is 0 Å². The first-order valence-corrected chi connectivity index (χ1v) is 7.47. The van der Waals surface area contributed by atoms with Crippen LogP contribution in [0.1, 0.15) is 59.8 Å². The first-order valence-electron chi connectivity index (χ1n) is 7.47. The summed E-state index contributed by atoms with van der Waals surface area (Å²) in [7, 11) is 0. The minimum atomic E-state index is -0.481. The number of rotatable bonds is 4. The van der Waals surface area contributed by atoms with Crippen LogP contribution in [0.25, 0.3) is 0 Å². The quantitative estimate of drug-likeness (QED) is 0.854. The van der Waals surface area contributed by atoms with Gasteiger partial charge >= 0.3 is 6.09 Å². The average Bonchev–Trinajstić information content (AvgIpc) is 2.34. The number of aliphatic hydroxyl groups is 1. The number of hydrogen-bond acceptors (Lipinski definition) is 3. The van der Waals surface area contributed by atoms with E-state index in [0.717, 1.165) is 18.8 Å². The highest BCUT2D eigenvalue weighted by Crippen LogP contribution is 2.30. The lowest BCUT2D eigenvalue weighted by atomic mass is 9.84. The molecule has 1 amide bonds. The highest BCUT2D eigenvalue weighted by Gasteiger charge is 2.30. The van der Waals surface area contributed by atoms with Gasteiger partial charge in [-0.1, -0.05) is 13.3 Å². The molecule has 0 spiro atoms. The molecule has 0 bridgehead atoms. The topological polar surface area (TPSA) is 49.8 Å². The monoisotopic (exact) mass is 271 g/mol. The first kappa shape index (κ1) is 16.3. The van der Waals surface area contributed by atoms with Crippen molar-refractivity contribution in [2.24, 2.45) is 5.92 Å². The van der Waals surface area contributed by atoms with Gasteiger partial charge in [-0.15, -0.1) is 0 Å². The summed E-state index contributed by atoms with van der Waals surface area (Å²) in [5.74, 6) is 0.797. The fourth-order valence-electron chi connectivity index (χ4n) is 2.72. The van der Waals surface area contributed by atoms with Crippen LogP contribution >= 0.6 is 0 Å². The van der Waals surface area contributed by atoms with E-state index in [4.69, 9.17) is 9.84 Å². The van der Waals surface area contributed by atoms with Crippen LogP contribution in [0.4, 0.5) is 4.79 Å². The molecule has 112 valence electrons. The third-order valence-corrected chi connectivity index (χ3v) is 3.80. The van der Waals surface area contributed by atoms with Crippen molar-refractivity contribution >= 4 is 6.09 Å². The van der Waals surface area contributed by atoms with Crippen molar-refractivity contribution in [3.63, 3.8) is 0 Å². The summed E-state index contributed by atoms with van der Waals surface area (Å²) in [5, 5.41) is 9.16. The summed E-state index contributed by atoms with van der Waals surface area (Å²) in [4.78, 5) is 13.9. The molecule has 0 heterocycles. The van der Waals surface area contributed by atoms with Gasteiger partial charge in [-0.25, -0.2) is 4.79 Å². The van der Waals surface area contributed by atoms with Crippen molar-refractivity contribution in [1.29, 1.82) is 0 Å². The molecule has 1 fully saturated rings. The number of nitrogens with zero attached hydrogens (tertiary/aromatic N) is 1. The number of amides is 1. The van der Waals surface area contributed by atoms with Crippen LogP contribution in [0.3, 0.4) is 0 Å². The zero-order valence-corrected chi connectivity index (χ0v) is 12.8. The van der Waals surface area contributed by atoms with Gasteiger partial charge in [-0.2, -0.15) is 0 Å². The van der Waals surface area contributed by atoms with Gasteiger partial charge in [-0.05, 0) is 52.4 Å². The number of hydrogen-bond donors (Lipinski definition) is 1. The van der Waals surface area contributed by atoms with Crippen LogP contribution < -0.4 is 0 Å². The number of ether oxygens (including phenoxy) is 1. The smallest absolute Gasteiger partial charge is 0.410 e. The van der Waals surface area contributed by atoms with Gasteiger partial charge in [0, 0.05) is 12.6 Å². The molecule has 0 unspecified atom stereocenters. The zero-order valence-electron chi connectivity index (χ0n) is 12.8. The number of carbonyl (C=O) groups is 1. The first-order chi connectivity index (χ1) is 8.87. The Morgan fingerprint density at radius 3 is 2.26 bits per heavy atom. The molecule has 1 N–H and O–H groups in total. The van der Waals surface area contributed by atoms with Crippen LogP contribution in [-0.2, 0) is 4.74 Å². The third kappa shape index (κ3) is 5.39. The molecule has 0 radical (unpaired) electrons. The number of carbonyl (C=O) groups excluding carboxylic acids is 1. The number of aliphatic hydroxyl groups excluding tert-OH is 1. The maximum atomic E-state index is 12.2. The summed E-state index contributed by atoms with van der Waals surface area (Å²) >= 11 is 0. The van der Waals surface area contributed by atoms with Crippen molar-refractivity contribution in [1.82, 2.24) is 4.90 Å². The molecule has 1 aliphatic rings. The normalized spacial score (nSPS) is 24.1. The maximum absolute atomic E-state index is 12.2. The van der Waals surface area contributed by atoms with E-state index >= 15 is 0 Å². The molecule has 1 rings (SSSR count). The molecule has 0 aliphatic heterocycles. The molecule has 0 aromatic carbocycles. The second-order valence-corrected chi connectivity index (χ2v) is 6.48. The molecular weight excluding hydrogens is 242 g/mol. The Labute approximate surface area is 117 Å². The van der Waals surface area contributed by atoms with Crippen molar-refractivity contribution in [3.8, 4) is 0 Å². The van der Waals surface area contributed by atoms with Gasteiger partial charge in [-0.3, -0.25) is 0 Å². The Balaban J connectivity index is 2.59. The predicted molar refractivity (Wildman–Crippen MR) is 76.1 cm³/mol. The maximum Gasteiger partial charge on any atom is 0.410 e. The van der Waals surface area contributed by atoms with Crippen molar-refractivity contribution in [2.75, 3.05) is 13.2 Å². The summed E-state index contributed by atoms with van der Waals surface area (Å²) in [6.45, 7) is 8.20. The Kier molecular flexibility index (Phi) is 6.11. The molecule has 0 aromatic heterocycles. The molecule has 0 saturated heterocycles. The van der Waals surface area contributed by atoms with Gasteiger partial charge in [0.25, 0.3) is 0 Å². The lowest BCUT2D eigenvalue weighted by Crippen LogP contribution is -2.46. The summed E-state index contributed by atoms with van der Waals surface area (Å²) in [6.07, 6.45) is 5.33. The molecular formula is C15H29NO3. The SMILES string of the molecule is CCC1CCC(N(CCO)C(=O)OC(C)(C)C)CC1. The summed E-state index contributed by atoms with van der Waals surface area (Å²) in [6, 6.07) is 0.227. The molecule has 0 aromatic rings. The molecule has 4 heteroatoms. The summed E-state index contributed by atoms with van der Waals surface area (Å²) < 4.78 is 5.43. The van der Waals surface area contributed by atoms with Crippen molar-refractivity contribution < 1.29 is 14.6 Å². The lowest BCUT2D eigenvalue weighted by molar-refractivity contribution is 0.00629. The van der Waals surface area contributed by atoms with Crippen LogP contribution in [0.5, 0.6) is 0 Å². The lowest BCUT2D eigenvalue weighted by Gasteiger charge is -2.37. The fraction of sp³-hybridized carbons (Fsp3) is 0.933. The second-order valence-electron chi connectivity index (χ2n) is 6.48. The minimum Gasteiger partial charge on any atom is -0.444 e. The third-order valence-electron chi connectivity index (χ3n) is 3.80. The van der Waals surface area contributed by atoms with E-state index in [-0.39, 0.29) is 18.7 Å². The largest absolute Gasteiger partial charge is 0.444 e. The molecule has 0 atom stereocenters. The van der Waals surface area contributed by atoms with E-state index in [2.05, 4.69) is 6.92 Å².